The minimum Gasteiger partial charge on any atom is -0.454 e. The number of ether oxygens (including phenoxy) is 2. The number of hydrogen-bond acceptors (Lipinski definition) is 6. The smallest absolute Gasteiger partial charge is 0.416 e. The zero-order valence-electron chi connectivity index (χ0n) is 16.7. The summed E-state index contributed by atoms with van der Waals surface area (Å²) >= 11 is 0. The van der Waals surface area contributed by atoms with E-state index in [4.69, 9.17) is 9.47 Å². The molecule has 32 heavy (non-hydrogen) atoms. The maximum atomic E-state index is 13.1. The molecule has 7 nitrogen and oxygen atoms in total. The van der Waals surface area contributed by atoms with Crippen molar-refractivity contribution in [2.45, 2.75) is 6.18 Å². The fraction of sp³-hybridized carbons (Fsp3) is 0.136. The first kappa shape index (κ1) is 19.9. The number of benzene rings is 2. The van der Waals surface area contributed by atoms with E-state index in [1.54, 1.807) is 12.3 Å². The van der Waals surface area contributed by atoms with Crippen molar-refractivity contribution >= 4 is 11.5 Å². The summed E-state index contributed by atoms with van der Waals surface area (Å²) in [5.74, 6) is 2.43. The lowest BCUT2D eigenvalue weighted by Gasteiger charge is -2.20. The van der Waals surface area contributed by atoms with Gasteiger partial charge in [-0.2, -0.15) is 18.3 Å². The van der Waals surface area contributed by atoms with Gasteiger partial charge in [-0.25, -0.2) is 9.97 Å². The highest BCUT2D eigenvalue weighted by Crippen LogP contribution is 2.38. The van der Waals surface area contributed by atoms with E-state index in [1.165, 1.54) is 12.1 Å². The van der Waals surface area contributed by atoms with Crippen LogP contribution >= 0.6 is 0 Å². The molecule has 0 amide bonds. The SMILES string of the molecule is CN(c1ccc2c(c1)OCO2)c1ncccc1-c1nc(-c2cccc(C(F)(F)F)c2)n[nH]1. The number of aromatic amines is 1. The van der Waals surface area contributed by atoms with Gasteiger partial charge in [-0.1, -0.05) is 12.1 Å². The molecule has 5 rings (SSSR count). The van der Waals surface area contributed by atoms with Crippen LogP contribution < -0.4 is 14.4 Å². The van der Waals surface area contributed by atoms with E-state index in [0.717, 1.165) is 17.8 Å². The highest BCUT2D eigenvalue weighted by atomic mass is 19.4. The molecule has 2 aromatic carbocycles. The first-order valence-corrected chi connectivity index (χ1v) is 9.59. The Morgan fingerprint density at radius 2 is 1.84 bits per heavy atom. The normalized spacial score (nSPS) is 12.8. The Hall–Kier alpha value is -4.08. The number of fused-ring (bicyclic) bond motifs is 1. The second-order valence-electron chi connectivity index (χ2n) is 7.06. The average molecular weight is 439 g/mol. The number of H-pyrrole nitrogens is 1. The molecular weight excluding hydrogens is 423 g/mol. The first-order valence-electron chi connectivity index (χ1n) is 9.59. The number of hydrogen-bond donors (Lipinski definition) is 1. The van der Waals surface area contributed by atoms with Crippen molar-refractivity contribution in [1.82, 2.24) is 20.2 Å². The number of rotatable bonds is 4. The van der Waals surface area contributed by atoms with Crippen molar-refractivity contribution < 1.29 is 22.6 Å². The van der Waals surface area contributed by atoms with Gasteiger partial charge in [0.2, 0.25) is 6.79 Å². The zero-order chi connectivity index (χ0) is 22.3. The summed E-state index contributed by atoms with van der Waals surface area (Å²) < 4.78 is 50.0. The molecule has 0 unspecified atom stereocenters. The highest BCUT2D eigenvalue weighted by molar-refractivity contribution is 5.77. The van der Waals surface area contributed by atoms with Crippen molar-refractivity contribution in [1.29, 1.82) is 0 Å². The van der Waals surface area contributed by atoms with Gasteiger partial charge in [0, 0.05) is 30.6 Å². The summed E-state index contributed by atoms with van der Waals surface area (Å²) in [7, 11) is 1.84. The number of pyridine rings is 1. The maximum Gasteiger partial charge on any atom is 0.416 e. The Kier molecular flexibility index (Phi) is 4.69. The van der Waals surface area contributed by atoms with E-state index in [9.17, 15) is 13.2 Å². The third kappa shape index (κ3) is 3.59. The molecule has 0 radical (unpaired) electrons. The van der Waals surface area contributed by atoms with Crippen molar-refractivity contribution in [3.63, 3.8) is 0 Å². The summed E-state index contributed by atoms with van der Waals surface area (Å²) in [6.07, 6.45) is -2.80. The van der Waals surface area contributed by atoms with Crippen molar-refractivity contribution in [3.05, 3.63) is 66.4 Å². The lowest BCUT2D eigenvalue weighted by Crippen LogP contribution is -2.12. The van der Waals surface area contributed by atoms with E-state index in [1.807, 2.05) is 36.2 Å². The van der Waals surface area contributed by atoms with Crippen LogP contribution in [0.2, 0.25) is 0 Å². The Bertz CT molecular complexity index is 1290. The maximum absolute atomic E-state index is 13.1. The van der Waals surface area contributed by atoms with Crippen LogP contribution in [0.3, 0.4) is 0 Å². The summed E-state index contributed by atoms with van der Waals surface area (Å²) in [5, 5.41) is 6.93. The van der Waals surface area contributed by atoms with Gasteiger partial charge in [0.15, 0.2) is 23.1 Å². The molecule has 0 atom stereocenters. The fourth-order valence-electron chi connectivity index (χ4n) is 3.41. The molecule has 1 N–H and O–H groups in total. The van der Waals surface area contributed by atoms with Crippen LogP contribution in [0.1, 0.15) is 5.56 Å². The van der Waals surface area contributed by atoms with Gasteiger partial charge >= 0.3 is 6.18 Å². The van der Waals surface area contributed by atoms with Gasteiger partial charge < -0.3 is 14.4 Å². The lowest BCUT2D eigenvalue weighted by atomic mass is 10.1. The Labute approximate surface area is 180 Å². The monoisotopic (exact) mass is 439 g/mol. The minimum atomic E-state index is -4.45. The Morgan fingerprint density at radius 3 is 2.69 bits per heavy atom. The van der Waals surface area contributed by atoms with Crippen molar-refractivity contribution in [3.8, 4) is 34.3 Å². The van der Waals surface area contributed by atoms with Gasteiger partial charge in [0.25, 0.3) is 0 Å². The average Bonchev–Trinajstić information content (AvgIpc) is 3.47. The number of halogens is 3. The largest absolute Gasteiger partial charge is 0.454 e. The number of anilines is 2. The summed E-state index contributed by atoms with van der Waals surface area (Å²) in [4.78, 5) is 10.7. The fourth-order valence-corrected chi connectivity index (χ4v) is 3.41. The van der Waals surface area contributed by atoms with Gasteiger partial charge in [-0.15, -0.1) is 0 Å². The summed E-state index contributed by atoms with van der Waals surface area (Å²) in [6, 6.07) is 14.0. The van der Waals surface area contributed by atoms with Crippen LogP contribution in [0.4, 0.5) is 24.7 Å². The molecule has 0 aliphatic carbocycles. The zero-order valence-corrected chi connectivity index (χ0v) is 16.7. The predicted molar refractivity (Wildman–Crippen MR) is 111 cm³/mol. The van der Waals surface area contributed by atoms with Gasteiger partial charge in [-0.05, 0) is 36.4 Å². The molecule has 1 aliphatic heterocycles. The quantitative estimate of drug-likeness (QED) is 0.480. The van der Waals surface area contributed by atoms with Crippen LogP contribution in [0.25, 0.3) is 22.8 Å². The topological polar surface area (TPSA) is 76.2 Å². The molecule has 0 bridgehead atoms. The molecule has 1 aliphatic rings. The standard InChI is InChI=1S/C22H16F3N5O2/c1-30(15-7-8-17-18(11-15)32-12-31-17)21-16(6-3-9-26-21)20-27-19(28-29-20)13-4-2-5-14(10-13)22(23,24)25/h2-11H,12H2,1H3,(H,27,28,29). The number of nitrogens with zero attached hydrogens (tertiary/aromatic N) is 4. The number of aromatic nitrogens is 4. The van der Waals surface area contributed by atoms with E-state index in [2.05, 4.69) is 20.2 Å². The Balaban J connectivity index is 1.49. The molecule has 0 fully saturated rings. The van der Waals surface area contributed by atoms with Crippen LogP contribution in [0.15, 0.2) is 60.8 Å². The predicted octanol–water partition coefficient (Wildman–Crippen LogP) is 5.05. The lowest BCUT2D eigenvalue weighted by molar-refractivity contribution is -0.137. The molecule has 0 spiro atoms. The van der Waals surface area contributed by atoms with Gasteiger partial charge in [0.1, 0.15) is 5.82 Å². The second kappa shape index (κ2) is 7.56. The van der Waals surface area contributed by atoms with Crippen LogP contribution in [0, 0.1) is 0 Å². The second-order valence-corrected chi connectivity index (χ2v) is 7.06. The third-order valence-electron chi connectivity index (χ3n) is 5.04. The summed E-state index contributed by atoms with van der Waals surface area (Å²) in [5.41, 5.74) is 0.952. The molecule has 162 valence electrons. The highest BCUT2D eigenvalue weighted by Gasteiger charge is 2.30. The van der Waals surface area contributed by atoms with Crippen LogP contribution in [0.5, 0.6) is 11.5 Å². The molecule has 0 saturated heterocycles. The van der Waals surface area contributed by atoms with Gasteiger partial charge in [-0.3, -0.25) is 5.10 Å². The molecule has 3 heterocycles. The minimum absolute atomic E-state index is 0.159. The van der Waals surface area contributed by atoms with E-state index in [0.29, 0.717) is 28.7 Å². The number of nitrogens with one attached hydrogen (secondary N) is 1. The van der Waals surface area contributed by atoms with Gasteiger partial charge in [0.05, 0.1) is 11.1 Å². The van der Waals surface area contributed by atoms with E-state index < -0.39 is 11.7 Å². The summed E-state index contributed by atoms with van der Waals surface area (Å²) in [6.45, 7) is 0.174. The van der Waals surface area contributed by atoms with E-state index >= 15 is 0 Å². The Morgan fingerprint density at radius 1 is 1.00 bits per heavy atom. The van der Waals surface area contributed by atoms with Crippen molar-refractivity contribution in [2.75, 3.05) is 18.7 Å². The van der Waals surface area contributed by atoms with E-state index in [-0.39, 0.29) is 18.2 Å². The van der Waals surface area contributed by atoms with Crippen molar-refractivity contribution in [2.24, 2.45) is 0 Å². The van der Waals surface area contributed by atoms with Crippen LogP contribution in [-0.4, -0.2) is 34.0 Å². The first-order chi connectivity index (χ1) is 15.4. The number of alkyl halides is 3. The molecule has 4 aromatic rings. The molecular formula is C22H16F3N5O2. The molecule has 0 saturated carbocycles. The molecule has 2 aromatic heterocycles. The van der Waals surface area contributed by atoms with Crippen LogP contribution in [-0.2, 0) is 6.18 Å². The third-order valence-corrected chi connectivity index (χ3v) is 5.04. The molecule has 10 heteroatoms.